The van der Waals surface area contributed by atoms with Crippen molar-refractivity contribution in [3.8, 4) is 0 Å². The van der Waals surface area contributed by atoms with Crippen molar-refractivity contribution < 1.29 is 48.4 Å². The van der Waals surface area contributed by atoms with E-state index in [1.807, 2.05) is 31.9 Å². The van der Waals surface area contributed by atoms with Crippen LogP contribution in [0.2, 0.25) is 0 Å². The topological polar surface area (TPSA) is 308 Å². The Bertz CT molecular complexity index is 1460. The molecule has 0 spiro atoms. The van der Waals surface area contributed by atoms with Gasteiger partial charge in [0.25, 0.3) is 0 Å². The third-order valence-corrected chi connectivity index (χ3v) is 12.1. The van der Waals surface area contributed by atoms with E-state index in [0.717, 1.165) is 25.0 Å². The normalized spacial score (nSPS) is 18.8. The van der Waals surface area contributed by atoms with E-state index in [9.17, 15) is 43.2 Å². The molecular weight excluding hydrogens is 829 g/mol. The summed E-state index contributed by atoms with van der Waals surface area (Å²) >= 11 is 7.42. The van der Waals surface area contributed by atoms with Gasteiger partial charge in [0.15, 0.2) is 0 Å². The molecule has 1 unspecified atom stereocenters. The van der Waals surface area contributed by atoms with Crippen molar-refractivity contribution in [1.29, 1.82) is 0 Å². The van der Waals surface area contributed by atoms with Crippen LogP contribution in [0.25, 0.3) is 0 Å². The van der Waals surface area contributed by atoms with Gasteiger partial charge in [0, 0.05) is 42.1 Å². The number of thiol groups is 1. The molecule has 2 aliphatic rings. The number of amides is 10. The van der Waals surface area contributed by atoms with Crippen LogP contribution in [0.3, 0.4) is 0 Å². The Morgan fingerprint density at radius 2 is 1.54 bits per heavy atom. The van der Waals surface area contributed by atoms with Crippen LogP contribution in [0.15, 0.2) is 0 Å². The Kier molecular flexibility index (Phi) is 24.1. The molecule has 7 atom stereocenters. The summed E-state index contributed by atoms with van der Waals surface area (Å²) in [4.78, 5) is 112. The molecule has 0 aliphatic carbocycles. The Hall–Kier alpha value is -3.96. The van der Waals surface area contributed by atoms with E-state index < -0.39 is 78.5 Å². The zero-order chi connectivity index (χ0) is 43.9. The number of primary amides is 1. The minimum Gasteiger partial charge on any atom is -0.368 e. The van der Waals surface area contributed by atoms with E-state index in [1.165, 1.54) is 17.2 Å². The Morgan fingerprint density at radius 3 is 2.20 bits per heavy atom. The number of nitrogens with two attached hydrogens (primary N) is 1. The average Bonchev–Trinajstić information content (AvgIpc) is 3.75. The van der Waals surface area contributed by atoms with Crippen molar-refractivity contribution in [1.82, 2.24) is 48.0 Å². The predicted molar refractivity (Wildman–Crippen MR) is 226 cm³/mol. The number of fused-ring (bicyclic) bond motifs is 1. The number of hydroxylamine groups is 1. The lowest BCUT2D eigenvalue weighted by Gasteiger charge is -2.24. The summed E-state index contributed by atoms with van der Waals surface area (Å²) in [6.45, 7) is 3.05. The Morgan fingerprint density at radius 1 is 0.831 bits per heavy atom. The molecular formula is C36H62N10O10S3. The summed E-state index contributed by atoms with van der Waals surface area (Å²) in [7, 11) is 0. The molecule has 0 aromatic rings. The lowest BCUT2D eigenvalue weighted by atomic mass is 9.92. The highest BCUT2D eigenvalue weighted by molar-refractivity contribution is 8.00. The van der Waals surface area contributed by atoms with Gasteiger partial charge >= 0.3 is 6.03 Å². The van der Waals surface area contributed by atoms with Gasteiger partial charge in [-0.05, 0) is 62.9 Å². The lowest BCUT2D eigenvalue weighted by molar-refractivity contribution is -0.137. The zero-order valence-electron chi connectivity index (χ0n) is 33.9. The van der Waals surface area contributed by atoms with Gasteiger partial charge in [0.2, 0.25) is 47.3 Å². The maximum atomic E-state index is 13.2. The van der Waals surface area contributed by atoms with Crippen LogP contribution in [-0.4, -0.2) is 137 Å². The molecule has 23 heteroatoms. The predicted octanol–water partition coefficient (Wildman–Crippen LogP) is -1.59. The van der Waals surface area contributed by atoms with Gasteiger partial charge in [-0.15, -0.1) is 0 Å². The molecule has 0 aromatic heterocycles. The van der Waals surface area contributed by atoms with Crippen LogP contribution in [0.5, 0.6) is 0 Å². The van der Waals surface area contributed by atoms with Crippen molar-refractivity contribution in [3.63, 3.8) is 0 Å². The second kappa shape index (κ2) is 27.7. The van der Waals surface area contributed by atoms with Gasteiger partial charge in [-0.2, -0.15) is 36.2 Å². The summed E-state index contributed by atoms with van der Waals surface area (Å²) in [5.74, 6) is -4.55. The second-order valence-corrected chi connectivity index (χ2v) is 17.5. The molecule has 10 amide bonds. The first-order valence-electron chi connectivity index (χ1n) is 19.8. The number of rotatable bonds is 29. The third kappa shape index (κ3) is 19.8. The third-order valence-electron chi connectivity index (χ3n) is 9.61. The first-order valence-corrected chi connectivity index (χ1v) is 22.9. The molecule has 2 heterocycles. The van der Waals surface area contributed by atoms with E-state index in [1.54, 1.807) is 0 Å². The van der Waals surface area contributed by atoms with Gasteiger partial charge in [-0.25, -0.2) is 10.3 Å². The van der Waals surface area contributed by atoms with Crippen LogP contribution in [-0.2, 0) is 38.4 Å². The molecule has 12 N–H and O–H groups in total. The molecule has 0 bridgehead atoms. The van der Waals surface area contributed by atoms with E-state index in [4.69, 9.17) is 10.9 Å². The molecule has 0 aromatic carbocycles. The fraction of sp³-hybridized carbons (Fsp3) is 0.750. The monoisotopic (exact) mass is 890 g/mol. The average molecular weight is 891 g/mol. The quantitative estimate of drug-likeness (QED) is 0.0133. The minimum absolute atomic E-state index is 0.0374. The summed E-state index contributed by atoms with van der Waals surface area (Å²) in [5.41, 5.74) is 6.98. The van der Waals surface area contributed by atoms with Crippen LogP contribution < -0.4 is 53.7 Å². The number of carbonyl (C=O) groups is 9. The van der Waals surface area contributed by atoms with Gasteiger partial charge < -0.3 is 48.3 Å². The summed E-state index contributed by atoms with van der Waals surface area (Å²) in [6.07, 6.45) is 6.20. The maximum absolute atomic E-state index is 13.2. The number of carbonyl (C=O) groups excluding carboxylic acids is 9. The Labute approximate surface area is 358 Å². The maximum Gasteiger partial charge on any atom is 0.315 e. The number of hydrogen-bond acceptors (Lipinski definition) is 13. The van der Waals surface area contributed by atoms with Crippen molar-refractivity contribution in [3.05, 3.63) is 0 Å². The van der Waals surface area contributed by atoms with Crippen molar-refractivity contribution in [2.75, 3.05) is 43.1 Å². The van der Waals surface area contributed by atoms with Crippen LogP contribution in [0, 0.1) is 11.8 Å². The number of thioether (sulfide) groups is 2. The van der Waals surface area contributed by atoms with E-state index in [-0.39, 0.29) is 55.0 Å². The van der Waals surface area contributed by atoms with Crippen molar-refractivity contribution >= 4 is 89.4 Å². The highest BCUT2D eigenvalue weighted by atomic mass is 32.2. The lowest BCUT2D eigenvalue weighted by Crippen LogP contribution is -2.56. The van der Waals surface area contributed by atoms with Gasteiger partial charge in [-0.3, -0.25) is 43.6 Å². The molecule has 2 rings (SSSR count). The molecule has 334 valence electrons. The molecule has 0 saturated carbocycles. The van der Waals surface area contributed by atoms with E-state index >= 15 is 0 Å². The molecule has 2 fully saturated rings. The van der Waals surface area contributed by atoms with E-state index in [2.05, 4.69) is 55.2 Å². The molecule has 2 saturated heterocycles. The first-order chi connectivity index (χ1) is 28.1. The fourth-order valence-corrected chi connectivity index (χ4v) is 8.78. The highest BCUT2D eigenvalue weighted by Gasteiger charge is 2.42. The highest BCUT2D eigenvalue weighted by Crippen LogP contribution is 2.33. The van der Waals surface area contributed by atoms with Crippen LogP contribution in [0.4, 0.5) is 4.79 Å². The molecule has 2 aliphatic heterocycles. The zero-order valence-corrected chi connectivity index (χ0v) is 36.4. The van der Waals surface area contributed by atoms with Crippen molar-refractivity contribution in [2.24, 2.45) is 17.6 Å². The summed E-state index contributed by atoms with van der Waals surface area (Å²) < 4.78 is 0. The standard InChI is InChI=1S/C36H62N10O10S3/c1-20(2)14-21(15-28(48)46-56)33(52)42-23(11-13-58-3)35(54)43-24(18-57)34(53)40-16-29(49)39-17-30(50)41-22(32(37)51)8-6-7-12-38-27(47)10-5-4-9-26-31-25(19-59-26)44-36(55)45-31/h20-26,31,56-57H,4-19H2,1-3H3,(H2,37,51)(H,38,47)(H,39,49)(H,40,53)(H,41,50)(H,42,52)(H,43,54)(H,46,48)(H2,44,45,55)/t21?,22-,23-,24-,25-,26-,31-/m0/s1. The van der Waals surface area contributed by atoms with Crippen molar-refractivity contribution in [2.45, 2.75) is 114 Å². The smallest absolute Gasteiger partial charge is 0.315 e. The van der Waals surface area contributed by atoms with Crippen LogP contribution in [0.1, 0.15) is 78.1 Å². The largest absolute Gasteiger partial charge is 0.368 e. The van der Waals surface area contributed by atoms with Gasteiger partial charge in [-0.1, -0.05) is 20.3 Å². The molecule has 0 radical (unpaired) electrons. The fourth-order valence-electron chi connectivity index (χ4n) is 6.51. The number of nitrogens with one attached hydrogen (secondary N) is 9. The Balaban J connectivity index is 1.69. The summed E-state index contributed by atoms with van der Waals surface area (Å²) in [5, 5.41) is 30.4. The van der Waals surface area contributed by atoms with Crippen LogP contribution >= 0.6 is 36.2 Å². The number of unbranched alkanes of at least 4 members (excludes halogenated alkanes) is 2. The van der Waals surface area contributed by atoms with Gasteiger partial charge in [0.05, 0.1) is 25.2 Å². The SMILES string of the molecule is CSCC[C@H](NC(=O)C(CC(=O)NO)CC(C)C)C(=O)N[C@@H](CS)C(=O)NCC(=O)NCC(=O)N[C@@H](CCCCNC(=O)CCCC[C@@H]1SC[C@@H]2NC(=O)N[C@@H]21)C(N)=O. The second-order valence-electron chi connectivity index (χ2n) is 14.9. The summed E-state index contributed by atoms with van der Waals surface area (Å²) in [6, 6.07) is -3.06. The van der Waals surface area contributed by atoms with Gasteiger partial charge in [0.1, 0.15) is 18.1 Å². The molecule has 20 nitrogen and oxygen atoms in total. The minimum atomic E-state index is -1.19. The molecule has 59 heavy (non-hydrogen) atoms. The number of hydrogen-bond donors (Lipinski definition) is 12. The number of urea groups is 1. The first kappa shape index (κ1) is 51.2. The van der Waals surface area contributed by atoms with E-state index in [0.29, 0.717) is 43.2 Å².